The van der Waals surface area contributed by atoms with E-state index in [9.17, 15) is 0 Å². The fraction of sp³-hybridized carbons (Fsp3) is 0.400. The van der Waals surface area contributed by atoms with Crippen LogP contribution in [0.5, 0.6) is 5.75 Å². The molecule has 0 aliphatic carbocycles. The van der Waals surface area contributed by atoms with Gasteiger partial charge in [-0.3, -0.25) is 0 Å². The molecule has 3 nitrogen and oxygen atoms in total. The van der Waals surface area contributed by atoms with E-state index in [1.54, 1.807) is 18.4 Å². The molecule has 0 radical (unpaired) electrons. The van der Waals surface area contributed by atoms with Crippen molar-refractivity contribution in [2.45, 2.75) is 26.3 Å². The topological polar surface area (TPSA) is 34.1 Å². The largest absolute Gasteiger partial charge is 0.497 e. The van der Waals surface area contributed by atoms with E-state index in [-0.39, 0.29) is 0 Å². The van der Waals surface area contributed by atoms with E-state index in [4.69, 9.17) is 4.74 Å². The molecule has 0 amide bonds. The summed E-state index contributed by atoms with van der Waals surface area (Å²) in [5.74, 6) is 0.877. The molecule has 1 heterocycles. The summed E-state index contributed by atoms with van der Waals surface area (Å²) in [6, 6.07) is 8.03. The van der Waals surface area contributed by atoms with Crippen molar-refractivity contribution in [2.24, 2.45) is 0 Å². The van der Waals surface area contributed by atoms with Crippen molar-refractivity contribution in [3.8, 4) is 16.3 Å². The average Bonchev–Trinajstić information content (AvgIpc) is 2.92. The van der Waals surface area contributed by atoms with Crippen molar-refractivity contribution in [2.75, 3.05) is 13.7 Å². The average molecular weight is 276 g/mol. The minimum Gasteiger partial charge on any atom is -0.497 e. The van der Waals surface area contributed by atoms with E-state index in [0.717, 1.165) is 35.1 Å². The highest BCUT2D eigenvalue weighted by atomic mass is 32.1. The first-order chi connectivity index (χ1) is 9.33. The van der Waals surface area contributed by atoms with Crippen molar-refractivity contribution in [3.63, 3.8) is 0 Å². The van der Waals surface area contributed by atoms with Gasteiger partial charge in [-0.15, -0.1) is 11.3 Å². The molecule has 0 aliphatic heterocycles. The van der Waals surface area contributed by atoms with Gasteiger partial charge in [0.05, 0.1) is 12.8 Å². The lowest BCUT2D eigenvalue weighted by atomic mass is 10.2. The lowest BCUT2D eigenvalue weighted by Crippen LogP contribution is -2.14. The van der Waals surface area contributed by atoms with Gasteiger partial charge in [-0.1, -0.05) is 13.3 Å². The van der Waals surface area contributed by atoms with Crippen LogP contribution in [0.15, 0.2) is 29.6 Å². The number of ether oxygens (including phenoxy) is 1. The molecule has 0 spiro atoms. The Morgan fingerprint density at radius 2 is 2.05 bits per heavy atom. The summed E-state index contributed by atoms with van der Waals surface area (Å²) < 4.78 is 5.16. The molecule has 0 unspecified atom stereocenters. The maximum atomic E-state index is 5.16. The van der Waals surface area contributed by atoms with Crippen LogP contribution in [0.1, 0.15) is 25.5 Å². The predicted octanol–water partition coefficient (Wildman–Crippen LogP) is 3.71. The van der Waals surface area contributed by atoms with Crippen LogP contribution in [-0.4, -0.2) is 18.6 Å². The van der Waals surface area contributed by atoms with Gasteiger partial charge in [0, 0.05) is 17.5 Å². The van der Waals surface area contributed by atoms with Crippen LogP contribution in [0.4, 0.5) is 0 Å². The zero-order chi connectivity index (χ0) is 13.5. The first-order valence-electron chi connectivity index (χ1n) is 6.63. The van der Waals surface area contributed by atoms with Crippen molar-refractivity contribution in [3.05, 3.63) is 35.3 Å². The molecule has 0 atom stereocenters. The molecule has 0 saturated carbocycles. The lowest BCUT2D eigenvalue weighted by Gasteiger charge is -2.01. The van der Waals surface area contributed by atoms with Crippen LogP contribution in [0.25, 0.3) is 10.6 Å². The summed E-state index contributed by atoms with van der Waals surface area (Å²) in [6.07, 6.45) is 2.44. The van der Waals surface area contributed by atoms with Gasteiger partial charge < -0.3 is 10.1 Å². The predicted molar refractivity (Wildman–Crippen MR) is 80.7 cm³/mol. The molecule has 19 heavy (non-hydrogen) atoms. The Bertz CT molecular complexity index is 493. The molecule has 0 bridgehead atoms. The van der Waals surface area contributed by atoms with E-state index in [1.807, 2.05) is 24.3 Å². The third-order valence-corrected chi connectivity index (χ3v) is 3.84. The number of thiazole rings is 1. The van der Waals surface area contributed by atoms with E-state index >= 15 is 0 Å². The second-order valence-corrected chi connectivity index (χ2v) is 5.26. The zero-order valence-corrected chi connectivity index (χ0v) is 12.3. The number of nitrogens with one attached hydrogen (secondary N) is 1. The molecule has 2 aromatic rings. The van der Waals surface area contributed by atoms with Gasteiger partial charge in [0.1, 0.15) is 10.8 Å². The van der Waals surface area contributed by atoms with E-state index in [1.165, 1.54) is 12.8 Å². The van der Waals surface area contributed by atoms with Gasteiger partial charge in [0.2, 0.25) is 0 Å². The molecule has 0 aliphatic rings. The number of aromatic nitrogens is 1. The van der Waals surface area contributed by atoms with Crippen LogP contribution in [-0.2, 0) is 6.54 Å². The van der Waals surface area contributed by atoms with Gasteiger partial charge in [-0.25, -0.2) is 4.98 Å². The quantitative estimate of drug-likeness (QED) is 0.783. The Hall–Kier alpha value is -1.39. The number of nitrogens with zero attached hydrogens (tertiary/aromatic N) is 1. The van der Waals surface area contributed by atoms with Gasteiger partial charge in [0.15, 0.2) is 0 Å². The molecule has 2 rings (SSSR count). The minimum atomic E-state index is 0.854. The molecule has 1 aromatic heterocycles. The number of unbranched alkanes of at least 4 members (excludes halogenated alkanes) is 1. The van der Waals surface area contributed by atoms with Gasteiger partial charge >= 0.3 is 0 Å². The summed E-state index contributed by atoms with van der Waals surface area (Å²) >= 11 is 1.69. The third-order valence-electron chi connectivity index (χ3n) is 2.90. The summed E-state index contributed by atoms with van der Waals surface area (Å²) in [6.45, 7) is 4.12. The van der Waals surface area contributed by atoms with Crippen molar-refractivity contribution in [1.82, 2.24) is 10.3 Å². The van der Waals surface area contributed by atoms with Crippen LogP contribution in [0.2, 0.25) is 0 Å². The molecule has 1 N–H and O–H groups in total. The Balaban J connectivity index is 1.95. The van der Waals surface area contributed by atoms with E-state index < -0.39 is 0 Å². The second-order valence-electron chi connectivity index (χ2n) is 4.40. The van der Waals surface area contributed by atoms with Gasteiger partial charge in [-0.2, -0.15) is 0 Å². The van der Waals surface area contributed by atoms with Crippen molar-refractivity contribution < 1.29 is 4.74 Å². The molecule has 0 saturated heterocycles. The summed E-state index contributed by atoms with van der Waals surface area (Å²) in [7, 11) is 1.68. The highest BCUT2D eigenvalue weighted by Gasteiger charge is 2.04. The fourth-order valence-corrected chi connectivity index (χ4v) is 2.60. The molecule has 0 fully saturated rings. The van der Waals surface area contributed by atoms with Crippen LogP contribution < -0.4 is 10.1 Å². The first-order valence-corrected chi connectivity index (χ1v) is 7.51. The van der Waals surface area contributed by atoms with Crippen LogP contribution in [0, 0.1) is 0 Å². The molecule has 4 heteroatoms. The molecular formula is C15H20N2OS. The van der Waals surface area contributed by atoms with Crippen LogP contribution in [0.3, 0.4) is 0 Å². The normalized spacial score (nSPS) is 10.6. The smallest absolute Gasteiger partial charge is 0.123 e. The maximum Gasteiger partial charge on any atom is 0.123 e. The number of rotatable bonds is 7. The standard InChI is InChI=1S/C15H20N2OS/c1-3-4-9-16-10-13-11-19-15(17-13)12-5-7-14(18-2)8-6-12/h5-8,11,16H,3-4,9-10H2,1-2H3. The Morgan fingerprint density at radius 1 is 1.26 bits per heavy atom. The number of methoxy groups -OCH3 is 1. The maximum absolute atomic E-state index is 5.16. The highest BCUT2D eigenvalue weighted by molar-refractivity contribution is 7.13. The van der Waals surface area contributed by atoms with Gasteiger partial charge in [-0.05, 0) is 37.2 Å². The van der Waals surface area contributed by atoms with Crippen molar-refractivity contribution in [1.29, 1.82) is 0 Å². The van der Waals surface area contributed by atoms with E-state index in [2.05, 4.69) is 22.6 Å². The molecular weight excluding hydrogens is 256 g/mol. The number of benzene rings is 1. The highest BCUT2D eigenvalue weighted by Crippen LogP contribution is 2.25. The fourth-order valence-electron chi connectivity index (χ4n) is 1.77. The van der Waals surface area contributed by atoms with Gasteiger partial charge in [0.25, 0.3) is 0 Å². The Morgan fingerprint density at radius 3 is 2.74 bits per heavy atom. The SMILES string of the molecule is CCCCNCc1csc(-c2ccc(OC)cc2)n1. The Kier molecular flexibility index (Phi) is 5.36. The first kappa shape index (κ1) is 14.0. The number of hydrogen-bond acceptors (Lipinski definition) is 4. The Labute approximate surface area is 118 Å². The minimum absolute atomic E-state index is 0.854. The molecule has 102 valence electrons. The molecule has 1 aromatic carbocycles. The third kappa shape index (κ3) is 4.04. The summed E-state index contributed by atoms with van der Waals surface area (Å²) in [5, 5.41) is 6.60. The lowest BCUT2D eigenvalue weighted by molar-refractivity contribution is 0.415. The summed E-state index contributed by atoms with van der Waals surface area (Å²) in [4.78, 5) is 4.65. The van der Waals surface area contributed by atoms with E-state index in [0.29, 0.717) is 0 Å². The number of hydrogen-bond donors (Lipinski definition) is 1. The second kappa shape index (κ2) is 7.26. The monoisotopic (exact) mass is 276 g/mol. The van der Waals surface area contributed by atoms with Crippen LogP contribution >= 0.6 is 11.3 Å². The summed E-state index contributed by atoms with van der Waals surface area (Å²) in [5.41, 5.74) is 2.26. The van der Waals surface area contributed by atoms with Crippen molar-refractivity contribution >= 4 is 11.3 Å². The zero-order valence-electron chi connectivity index (χ0n) is 11.5.